The fourth-order valence-electron chi connectivity index (χ4n) is 1.21. The van der Waals surface area contributed by atoms with Crippen molar-refractivity contribution >= 4 is 29.0 Å². The van der Waals surface area contributed by atoms with E-state index in [1.165, 1.54) is 0 Å². The van der Waals surface area contributed by atoms with Crippen molar-refractivity contribution in [2.24, 2.45) is 5.73 Å². The molecule has 0 saturated heterocycles. The third-order valence-electron chi connectivity index (χ3n) is 1.97. The molecule has 0 atom stereocenters. The van der Waals surface area contributed by atoms with E-state index in [1.54, 1.807) is 0 Å². The van der Waals surface area contributed by atoms with Crippen LogP contribution in [0.5, 0.6) is 0 Å². The molecule has 0 aliphatic rings. The quantitative estimate of drug-likeness (QED) is 0.429. The maximum absolute atomic E-state index is 13.2. The van der Waals surface area contributed by atoms with Crippen LogP contribution in [0.1, 0.15) is 0 Å². The van der Waals surface area contributed by atoms with Crippen LogP contribution in [0, 0.1) is 15.9 Å². The van der Waals surface area contributed by atoms with Crippen LogP contribution >= 0.6 is 11.6 Å². The second-order valence-electron chi connectivity index (χ2n) is 3.26. The molecule has 1 aromatic carbocycles. The Morgan fingerprint density at radius 1 is 1.50 bits per heavy atom. The summed E-state index contributed by atoms with van der Waals surface area (Å²) < 4.78 is 13.2. The average molecular weight is 277 g/mol. The number of amides is 2. The number of benzene rings is 1. The standard InChI is InChI=1S/C9H10ClFN4O3/c10-5-3-8(15(17)18)7(4-6(5)11)13-1-2-14-9(12)16/h3-4,13H,1-2H2,(H3,12,14,16). The largest absolute Gasteiger partial charge is 0.378 e. The summed E-state index contributed by atoms with van der Waals surface area (Å²) in [6.07, 6.45) is 0. The van der Waals surface area contributed by atoms with Gasteiger partial charge in [0.05, 0.1) is 9.95 Å². The molecule has 0 radical (unpaired) electrons. The molecule has 1 rings (SSSR count). The SMILES string of the molecule is NC(=O)NCCNc1cc(F)c(Cl)cc1[N+](=O)[O-]. The molecule has 0 bridgehead atoms. The molecule has 9 heteroatoms. The van der Waals surface area contributed by atoms with Crippen LogP contribution < -0.4 is 16.4 Å². The lowest BCUT2D eigenvalue weighted by molar-refractivity contribution is -0.384. The van der Waals surface area contributed by atoms with Crippen molar-refractivity contribution in [3.8, 4) is 0 Å². The molecule has 0 aliphatic carbocycles. The summed E-state index contributed by atoms with van der Waals surface area (Å²) in [7, 11) is 0. The highest BCUT2D eigenvalue weighted by atomic mass is 35.5. The molecular formula is C9H10ClFN4O3. The van der Waals surface area contributed by atoms with Gasteiger partial charge in [-0.1, -0.05) is 11.6 Å². The highest BCUT2D eigenvalue weighted by molar-refractivity contribution is 6.31. The molecular weight excluding hydrogens is 267 g/mol. The van der Waals surface area contributed by atoms with Crippen molar-refractivity contribution in [2.45, 2.75) is 0 Å². The molecule has 98 valence electrons. The number of nitrogens with zero attached hydrogens (tertiary/aromatic N) is 1. The number of nitro benzene ring substituents is 1. The summed E-state index contributed by atoms with van der Waals surface area (Å²) in [6.45, 7) is 0.307. The number of nitrogens with one attached hydrogen (secondary N) is 2. The molecule has 18 heavy (non-hydrogen) atoms. The molecule has 0 fully saturated rings. The lowest BCUT2D eigenvalue weighted by Gasteiger charge is -2.08. The summed E-state index contributed by atoms with van der Waals surface area (Å²) in [5, 5.41) is 15.3. The number of carbonyl (C=O) groups excluding carboxylic acids is 1. The van der Waals surface area contributed by atoms with Gasteiger partial charge in [0, 0.05) is 25.2 Å². The molecule has 1 aromatic rings. The highest BCUT2D eigenvalue weighted by Gasteiger charge is 2.17. The van der Waals surface area contributed by atoms with Crippen LogP contribution in [0.15, 0.2) is 12.1 Å². The van der Waals surface area contributed by atoms with Gasteiger partial charge in [0.1, 0.15) is 11.5 Å². The Kier molecular flexibility index (Phi) is 4.67. The number of urea groups is 1. The Balaban J connectivity index is 2.77. The smallest absolute Gasteiger partial charge is 0.312 e. The number of nitrogens with two attached hydrogens (primary N) is 1. The number of primary amides is 1. The van der Waals surface area contributed by atoms with Gasteiger partial charge < -0.3 is 16.4 Å². The average Bonchev–Trinajstić information content (AvgIpc) is 2.28. The van der Waals surface area contributed by atoms with Gasteiger partial charge in [-0.05, 0) is 0 Å². The highest BCUT2D eigenvalue weighted by Crippen LogP contribution is 2.29. The van der Waals surface area contributed by atoms with Crippen LogP contribution in [0.25, 0.3) is 0 Å². The van der Waals surface area contributed by atoms with Gasteiger partial charge in [-0.2, -0.15) is 0 Å². The normalized spacial score (nSPS) is 9.89. The van der Waals surface area contributed by atoms with Crippen molar-refractivity contribution < 1.29 is 14.1 Å². The van der Waals surface area contributed by atoms with E-state index in [-0.39, 0.29) is 29.5 Å². The van der Waals surface area contributed by atoms with Crippen LogP contribution in [0.3, 0.4) is 0 Å². The zero-order valence-electron chi connectivity index (χ0n) is 9.07. The van der Waals surface area contributed by atoms with Gasteiger partial charge in [-0.3, -0.25) is 10.1 Å². The third kappa shape index (κ3) is 3.74. The monoisotopic (exact) mass is 276 g/mol. The zero-order chi connectivity index (χ0) is 13.7. The first-order valence-electron chi connectivity index (χ1n) is 4.82. The van der Waals surface area contributed by atoms with Gasteiger partial charge in [-0.25, -0.2) is 9.18 Å². The van der Waals surface area contributed by atoms with Gasteiger partial charge in [0.25, 0.3) is 5.69 Å². The number of hydrogen-bond acceptors (Lipinski definition) is 4. The van der Waals surface area contributed by atoms with E-state index in [2.05, 4.69) is 10.6 Å². The van der Waals surface area contributed by atoms with Crippen molar-refractivity contribution in [3.63, 3.8) is 0 Å². The molecule has 0 unspecified atom stereocenters. The fraction of sp³-hybridized carbons (Fsp3) is 0.222. The molecule has 0 heterocycles. The summed E-state index contributed by atoms with van der Waals surface area (Å²) in [5.74, 6) is -0.771. The summed E-state index contributed by atoms with van der Waals surface area (Å²) in [4.78, 5) is 20.4. The summed E-state index contributed by atoms with van der Waals surface area (Å²) >= 11 is 5.45. The van der Waals surface area contributed by atoms with Crippen LogP contribution in [0.2, 0.25) is 5.02 Å². The predicted octanol–water partition coefficient (Wildman–Crippen LogP) is 1.47. The molecule has 0 aromatic heterocycles. The molecule has 4 N–H and O–H groups in total. The van der Waals surface area contributed by atoms with Crippen LogP contribution in [0.4, 0.5) is 20.6 Å². The number of hydrogen-bond donors (Lipinski definition) is 3. The Bertz CT molecular complexity index is 483. The minimum Gasteiger partial charge on any atom is -0.378 e. The minimum absolute atomic E-state index is 0.0202. The molecule has 2 amide bonds. The molecule has 0 saturated carbocycles. The molecule has 0 spiro atoms. The van der Waals surface area contributed by atoms with E-state index in [0.717, 1.165) is 12.1 Å². The topological polar surface area (TPSA) is 110 Å². The number of carbonyl (C=O) groups is 1. The lowest BCUT2D eigenvalue weighted by atomic mass is 10.2. The molecule has 7 nitrogen and oxygen atoms in total. The number of nitro groups is 1. The molecule has 0 aliphatic heterocycles. The fourth-order valence-corrected chi connectivity index (χ4v) is 1.37. The van der Waals surface area contributed by atoms with E-state index in [4.69, 9.17) is 17.3 Å². The third-order valence-corrected chi connectivity index (χ3v) is 2.26. The van der Waals surface area contributed by atoms with Crippen LogP contribution in [-0.2, 0) is 0 Å². The summed E-state index contributed by atoms with van der Waals surface area (Å²) in [5.41, 5.74) is 4.46. The second kappa shape index (κ2) is 6.01. The number of anilines is 1. The zero-order valence-corrected chi connectivity index (χ0v) is 9.83. The second-order valence-corrected chi connectivity index (χ2v) is 3.67. The Labute approximate surface area is 106 Å². The Morgan fingerprint density at radius 2 is 2.17 bits per heavy atom. The first-order chi connectivity index (χ1) is 8.41. The van der Waals surface area contributed by atoms with Gasteiger partial charge in [0.2, 0.25) is 0 Å². The van der Waals surface area contributed by atoms with Crippen molar-refractivity contribution in [1.82, 2.24) is 5.32 Å². The van der Waals surface area contributed by atoms with Crippen molar-refractivity contribution in [3.05, 3.63) is 33.1 Å². The van der Waals surface area contributed by atoms with E-state index in [9.17, 15) is 19.3 Å². The first kappa shape index (κ1) is 14.0. The van der Waals surface area contributed by atoms with Gasteiger partial charge in [-0.15, -0.1) is 0 Å². The lowest BCUT2D eigenvalue weighted by Crippen LogP contribution is -2.33. The maximum Gasteiger partial charge on any atom is 0.312 e. The van der Waals surface area contributed by atoms with Crippen molar-refractivity contribution in [1.29, 1.82) is 0 Å². The Morgan fingerprint density at radius 3 is 2.72 bits per heavy atom. The van der Waals surface area contributed by atoms with Crippen molar-refractivity contribution in [2.75, 3.05) is 18.4 Å². The summed E-state index contributed by atoms with van der Waals surface area (Å²) in [6, 6.07) is 1.12. The van der Waals surface area contributed by atoms with E-state index in [1.807, 2.05) is 0 Å². The van der Waals surface area contributed by atoms with Crippen LogP contribution in [-0.4, -0.2) is 24.0 Å². The first-order valence-corrected chi connectivity index (χ1v) is 5.20. The number of halogens is 2. The predicted molar refractivity (Wildman–Crippen MR) is 64.1 cm³/mol. The van der Waals surface area contributed by atoms with E-state index >= 15 is 0 Å². The maximum atomic E-state index is 13.2. The Hall–Kier alpha value is -2.09. The van der Waals surface area contributed by atoms with E-state index in [0.29, 0.717) is 0 Å². The minimum atomic E-state index is -0.771. The van der Waals surface area contributed by atoms with Gasteiger partial charge >= 0.3 is 6.03 Å². The van der Waals surface area contributed by atoms with E-state index < -0.39 is 16.8 Å². The number of rotatable bonds is 5. The van der Waals surface area contributed by atoms with Gasteiger partial charge in [0.15, 0.2) is 0 Å².